The molecule has 134 valence electrons. The van der Waals surface area contributed by atoms with Crippen LogP contribution in [0.5, 0.6) is 5.75 Å². The second-order valence-electron chi connectivity index (χ2n) is 6.35. The number of esters is 1. The van der Waals surface area contributed by atoms with Gasteiger partial charge in [-0.25, -0.2) is 13.2 Å². The van der Waals surface area contributed by atoms with Crippen molar-refractivity contribution >= 4 is 16.0 Å². The first-order chi connectivity index (χ1) is 11.8. The van der Waals surface area contributed by atoms with E-state index in [4.69, 9.17) is 4.74 Å². The van der Waals surface area contributed by atoms with Crippen LogP contribution in [-0.4, -0.2) is 20.4 Å². The van der Waals surface area contributed by atoms with Gasteiger partial charge in [-0.3, -0.25) is 0 Å². The van der Waals surface area contributed by atoms with E-state index < -0.39 is 22.0 Å². The van der Waals surface area contributed by atoms with E-state index in [0.29, 0.717) is 12.2 Å². The van der Waals surface area contributed by atoms with Gasteiger partial charge in [0.1, 0.15) is 11.8 Å². The molecule has 0 fully saturated rings. The van der Waals surface area contributed by atoms with Crippen LogP contribution in [0.3, 0.4) is 0 Å². The predicted molar refractivity (Wildman–Crippen MR) is 96.8 cm³/mol. The molecule has 0 amide bonds. The number of benzene rings is 2. The molecule has 6 heteroatoms. The number of nitrogens with one attached hydrogen (secondary N) is 1. The zero-order valence-corrected chi connectivity index (χ0v) is 15.4. The van der Waals surface area contributed by atoms with E-state index in [1.807, 2.05) is 26.8 Å². The molecule has 5 nitrogen and oxygen atoms in total. The van der Waals surface area contributed by atoms with Crippen LogP contribution in [0, 0.1) is 12.8 Å². The SMILES string of the molecule is Cc1ccc(S(=O)(=O)NC(CC(C)C)C(=O)Oc2ccccc2)cc1. The third kappa shape index (κ3) is 5.69. The lowest BCUT2D eigenvalue weighted by atomic mass is 10.1. The summed E-state index contributed by atoms with van der Waals surface area (Å²) in [7, 11) is -3.81. The van der Waals surface area contributed by atoms with E-state index in [1.54, 1.807) is 36.4 Å². The fourth-order valence-electron chi connectivity index (χ4n) is 2.31. The number of hydrogen-bond acceptors (Lipinski definition) is 4. The zero-order chi connectivity index (χ0) is 18.4. The highest BCUT2D eigenvalue weighted by molar-refractivity contribution is 7.89. The molecule has 1 N–H and O–H groups in total. The monoisotopic (exact) mass is 361 g/mol. The molecule has 0 radical (unpaired) electrons. The fraction of sp³-hybridized carbons (Fsp3) is 0.316. The summed E-state index contributed by atoms with van der Waals surface area (Å²) in [4.78, 5) is 12.6. The summed E-state index contributed by atoms with van der Waals surface area (Å²) in [5, 5.41) is 0. The summed E-state index contributed by atoms with van der Waals surface area (Å²) in [6.07, 6.45) is 0.344. The van der Waals surface area contributed by atoms with Gasteiger partial charge >= 0.3 is 5.97 Å². The molecular weight excluding hydrogens is 338 g/mol. The number of carbonyl (C=O) groups is 1. The second kappa shape index (κ2) is 8.27. The molecule has 0 spiro atoms. The Morgan fingerprint density at radius 1 is 1.04 bits per heavy atom. The lowest BCUT2D eigenvalue weighted by Crippen LogP contribution is -2.43. The van der Waals surface area contributed by atoms with E-state index >= 15 is 0 Å². The Hall–Kier alpha value is -2.18. The molecule has 0 aliphatic carbocycles. The minimum absolute atomic E-state index is 0.119. The summed E-state index contributed by atoms with van der Waals surface area (Å²) >= 11 is 0. The van der Waals surface area contributed by atoms with Gasteiger partial charge in [0.05, 0.1) is 4.90 Å². The minimum Gasteiger partial charge on any atom is -0.425 e. The van der Waals surface area contributed by atoms with E-state index in [-0.39, 0.29) is 10.8 Å². The number of carbonyl (C=O) groups excluding carboxylic acids is 1. The Kier molecular flexibility index (Phi) is 6.33. The van der Waals surface area contributed by atoms with Crippen molar-refractivity contribution in [3.8, 4) is 5.75 Å². The van der Waals surface area contributed by atoms with E-state index in [2.05, 4.69) is 4.72 Å². The third-order valence-corrected chi connectivity index (χ3v) is 5.07. The van der Waals surface area contributed by atoms with Crippen molar-refractivity contribution in [3.05, 3.63) is 60.2 Å². The molecule has 0 aliphatic rings. The zero-order valence-electron chi connectivity index (χ0n) is 14.6. The summed E-state index contributed by atoms with van der Waals surface area (Å²) in [5.74, 6) is -0.111. The quantitative estimate of drug-likeness (QED) is 0.607. The van der Waals surface area contributed by atoms with Gasteiger partial charge in [0.2, 0.25) is 10.0 Å². The van der Waals surface area contributed by atoms with Crippen LogP contribution in [-0.2, 0) is 14.8 Å². The van der Waals surface area contributed by atoms with Gasteiger partial charge in [-0.15, -0.1) is 0 Å². The lowest BCUT2D eigenvalue weighted by molar-refractivity contribution is -0.136. The number of sulfonamides is 1. The molecule has 0 saturated heterocycles. The fourth-order valence-corrected chi connectivity index (χ4v) is 3.51. The van der Waals surface area contributed by atoms with Gasteiger partial charge in [-0.1, -0.05) is 49.7 Å². The average molecular weight is 361 g/mol. The topological polar surface area (TPSA) is 72.5 Å². The first-order valence-corrected chi connectivity index (χ1v) is 9.62. The van der Waals surface area contributed by atoms with Crippen LogP contribution >= 0.6 is 0 Å². The van der Waals surface area contributed by atoms with E-state index in [1.165, 1.54) is 12.1 Å². The van der Waals surface area contributed by atoms with Crippen molar-refractivity contribution in [2.24, 2.45) is 5.92 Å². The molecule has 2 aromatic rings. The molecule has 0 heterocycles. The van der Waals surface area contributed by atoms with Crippen LogP contribution in [0.25, 0.3) is 0 Å². The van der Waals surface area contributed by atoms with Crippen molar-refractivity contribution in [2.45, 2.75) is 38.1 Å². The number of rotatable bonds is 7. The summed E-state index contributed by atoms with van der Waals surface area (Å²) in [6.45, 7) is 5.72. The minimum atomic E-state index is -3.81. The molecule has 2 aromatic carbocycles. The predicted octanol–water partition coefficient (Wildman–Crippen LogP) is 3.29. The first kappa shape index (κ1) is 19.1. The molecule has 0 aliphatic heterocycles. The normalized spacial score (nSPS) is 12.8. The van der Waals surface area contributed by atoms with E-state index in [0.717, 1.165) is 5.56 Å². The van der Waals surface area contributed by atoms with Gasteiger partial charge in [0.25, 0.3) is 0 Å². The number of ether oxygens (including phenoxy) is 1. The summed E-state index contributed by atoms with van der Waals surface area (Å²) in [5.41, 5.74) is 0.959. The molecular formula is C19H23NO4S. The van der Waals surface area contributed by atoms with Gasteiger partial charge < -0.3 is 4.74 Å². The highest BCUT2D eigenvalue weighted by Gasteiger charge is 2.28. The number of hydrogen-bond donors (Lipinski definition) is 1. The lowest BCUT2D eigenvalue weighted by Gasteiger charge is -2.19. The maximum atomic E-state index is 12.6. The van der Waals surface area contributed by atoms with Crippen molar-refractivity contribution in [2.75, 3.05) is 0 Å². The highest BCUT2D eigenvalue weighted by atomic mass is 32.2. The summed E-state index contributed by atoms with van der Waals surface area (Å²) < 4.78 is 32.9. The highest BCUT2D eigenvalue weighted by Crippen LogP contribution is 2.16. The second-order valence-corrected chi connectivity index (χ2v) is 8.06. The van der Waals surface area contributed by atoms with Crippen LogP contribution in [0.1, 0.15) is 25.8 Å². The molecule has 25 heavy (non-hydrogen) atoms. The Labute approximate surface area is 149 Å². The molecule has 0 bridgehead atoms. The maximum absolute atomic E-state index is 12.6. The maximum Gasteiger partial charge on any atom is 0.329 e. The van der Waals surface area contributed by atoms with Gasteiger partial charge in [0.15, 0.2) is 0 Å². The van der Waals surface area contributed by atoms with Crippen molar-refractivity contribution in [1.29, 1.82) is 0 Å². The van der Waals surface area contributed by atoms with Gasteiger partial charge in [-0.2, -0.15) is 4.72 Å². The van der Waals surface area contributed by atoms with Crippen molar-refractivity contribution in [3.63, 3.8) is 0 Å². The van der Waals surface area contributed by atoms with Crippen LogP contribution in [0.2, 0.25) is 0 Å². The van der Waals surface area contributed by atoms with Crippen LogP contribution in [0.4, 0.5) is 0 Å². The van der Waals surface area contributed by atoms with E-state index in [9.17, 15) is 13.2 Å². The molecule has 1 atom stereocenters. The Bertz CT molecular complexity index is 799. The van der Waals surface area contributed by atoms with Crippen molar-refractivity contribution < 1.29 is 17.9 Å². The van der Waals surface area contributed by atoms with Gasteiger partial charge in [0, 0.05) is 0 Å². The standard InChI is InChI=1S/C19H23NO4S/c1-14(2)13-18(19(21)24-16-7-5-4-6-8-16)20-25(22,23)17-11-9-15(3)10-12-17/h4-12,14,18,20H,13H2,1-3H3. The molecule has 2 rings (SSSR count). The smallest absolute Gasteiger partial charge is 0.329 e. The first-order valence-electron chi connectivity index (χ1n) is 8.13. The third-order valence-electron chi connectivity index (χ3n) is 3.58. The molecule has 0 aromatic heterocycles. The Morgan fingerprint density at radius 2 is 1.64 bits per heavy atom. The largest absolute Gasteiger partial charge is 0.425 e. The van der Waals surface area contributed by atoms with Crippen LogP contribution < -0.4 is 9.46 Å². The van der Waals surface area contributed by atoms with Crippen LogP contribution in [0.15, 0.2) is 59.5 Å². The average Bonchev–Trinajstić information content (AvgIpc) is 2.55. The molecule has 0 saturated carbocycles. The van der Waals surface area contributed by atoms with Gasteiger partial charge in [-0.05, 0) is 43.5 Å². The Balaban J connectivity index is 2.19. The number of aryl methyl sites for hydroxylation is 1. The summed E-state index contributed by atoms with van der Waals surface area (Å²) in [6, 6.07) is 14.1. The Morgan fingerprint density at radius 3 is 2.20 bits per heavy atom. The van der Waals surface area contributed by atoms with Crippen molar-refractivity contribution in [1.82, 2.24) is 4.72 Å². The molecule has 1 unspecified atom stereocenters. The number of para-hydroxylation sites is 1.